The van der Waals surface area contributed by atoms with Crippen LogP contribution < -0.4 is 21.5 Å². The standard InChI is InChI=1S/C42H48BNO/c1-25(2)26-12-16-32(17-13-26)44-35-24-31(42(9,10)11)22-28-20-27-21-29(40(3,4)5)14-18-34(27)43(37(28)35)39-38(44)33-23-30(41(6,7)8)15-19-36(33)45-39/h12-19,21-25H,20H2,1-11H3. The average Bonchev–Trinajstić information content (AvgIpc) is 3.33. The Kier molecular flexibility index (Phi) is 6.59. The molecule has 0 saturated heterocycles. The number of benzene rings is 4. The Labute approximate surface area is 270 Å². The first-order valence-corrected chi connectivity index (χ1v) is 16.8. The van der Waals surface area contributed by atoms with Crippen LogP contribution in [0.4, 0.5) is 17.1 Å². The molecule has 2 nitrogen and oxygen atoms in total. The van der Waals surface area contributed by atoms with Crippen LogP contribution >= 0.6 is 0 Å². The first-order valence-electron chi connectivity index (χ1n) is 16.8. The molecular formula is C42H48BNO. The van der Waals surface area contributed by atoms with Gasteiger partial charge in [0, 0.05) is 16.8 Å². The maximum absolute atomic E-state index is 7.03. The van der Waals surface area contributed by atoms with E-state index in [4.69, 9.17) is 4.42 Å². The van der Waals surface area contributed by atoms with Crippen LogP contribution in [0.3, 0.4) is 0 Å². The lowest BCUT2D eigenvalue weighted by Crippen LogP contribution is -2.61. The molecule has 2 aliphatic heterocycles. The molecule has 230 valence electrons. The van der Waals surface area contributed by atoms with Crippen molar-refractivity contribution in [2.45, 2.75) is 105 Å². The van der Waals surface area contributed by atoms with Gasteiger partial charge in [0.15, 0.2) is 0 Å². The fourth-order valence-corrected chi connectivity index (χ4v) is 7.33. The molecule has 7 rings (SSSR count). The van der Waals surface area contributed by atoms with Gasteiger partial charge in [-0.2, -0.15) is 0 Å². The first-order chi connectivity index (χ1) is 21.0. The molecule has 4 aromatic carbocycles. The molecule has 0 unspecified atom stereocenters. The number of rotatable bonds is 2. The summed E-state index contributed by atoms with van der Waals surface area (Å²) in [4.78, 5) is 2.52. The fraction of sp³-hybridized carbons (Fsp3) is 0.381. The summed E-state index contributed by atoms with van der Waals surface area (Å²) in [5.74, 6) is 0.482. The Hall–Kier alpha value is -3.72. The van der Waals surface area contributed by atoms with Gasteiger partial charge < -0.3 is 9.32 Å². The van der Waals surface area contributed by atoms with Crippen molar-refractivity contribution in [3.63, 3.8) is 0 Å². The molecule has 0 bridgehead atoms. The van der Waals surface area contributed by atoms with E-state index in [1.807, 2.05) is 0 Å². The van der Waals surface area contributed by atoms with Gasteiger partial charge in [0.2, 0.25) is 0 Å². The van der Waals surface area contributed by atoms with Crippen molar-refractivity contribution in [1.29, 1.82) is 0 Å². The molecule has 2 aliphatic rings. The Morgan fingerprint density at radius 1 is 0.667 bits per heavy atom. The second-order valence-corrected chi connectivity index (χ2v) is 16.9. The number of furan rings is 1. The normalized spacial score (nSPS) is 14.6. The van der Waals surface area contributed by atoms with Gasteiger partial charge in [-0.15, -0.1) is 0 Å². The van der Waals surface area contributed by atoms with E-state index in [9.17, 15) is 0 Å². The molecule has 0 amide bonds. The molecule has 5 aromatic rings. The fourth-order valence-electron chi connectivity index (χ4n) is 7.33. The minimum Gasteiger partial charge on any atom is -0.468 e. The zero-order valence-electron chi connectivity index (χ0n) is 29.1. The van der Waals surface area contributed by atoms with Crippen molar-refractivity contribution in [3.05, 3.63) is 106 Å². The van der Waals surface area contributed by atoms with Crippen molar-refractivity contribution < 1.29 is 4.42 Å². The zero-order chi connectivity index (χ0) is 32.2. The third kappa shape index (κ3) is 4.85. The van der Waals surface area contributed by atoms with E-state index in [-0.39, 0.29) is 23.0 Å². The highest BCUT2D eigenvalue weighted by molar-refractivity contribution is 6.98. The van der Waals surface area contributed by atoms with Crippen LogP contribution in [0, 0.1) is 0 Å². The monoisotopic (exact) mass is 593 g/mol. The predicted octanol–water partition coefficient (Wildman–Crippen LogP) is 9.65. The van der Waals surface area contributed by atoms with Gasteiger partial charge in [-0.05, 0) is 97.8 Å². The van der Waals surface area contributed by atoms with E-state index in [2.05, 4.69) is 154 Å². The lowest BCUT2D eigenvalue weighted by Gasteiger charge is -2.40. The predicted molar refractivity (Wildman–Crippen MR) is 195 cm³/mol. The quantitative estimate of drug-likeness (QED) is 0.186. The van der Waals surface area contributed by atoms with E-state index in [1.165, 1.54) is 66.8 Å². The molecule has 3 heterocycles. The van der Waals surface area contributed by atoms with Crippen molar-refractivity contribution in [2.24, 2.45) is 0 Å². The maximum atomic E-state index is 7.03. The number of anilines is 3. The van der Waals surface area contributed by atoms with Crippen LogP contribution in [0.2, 0.25) is 0 Å². The zero-order valence-corrected chi connectivity index (χ0v) is 29.1. The smallest absolute Gasteiger partial charge is 0.293 e. The lowest BCUT2D eigenvalue weighted by atomic mass is 9.33. The van der Waals surface area contributed by atoms with Crippen molar-refractivity contribution >= 4 is 51.3 Å². The summed E-state index contributed by atoms with van der Waals surface area (Å²) in [6.07, 6.45) is 0.936. The molecule has 45 heavy (non-hydrogen) atoms. The summed E-state index contributed by atoms with van der Waals surface area (Å²) in [5, 5.41) is 1.19. The molecular weight excluding hydrogens is 545 g/mol. The van der Waals surface area contributed by atoms with Crippen LogP contribution in [0.15, 0.2) is 77.2 Å². The molecule has 0 spiro atoms. The maximum Gasteiger partial charge on any atom is 0.293 e. The van der Waals surface area contributed by atoms with Gasteiger partial charge in [0.05, 0.1) is 11.3 Å². The van der Waals surface area contributed by atoms with Gasteiger partial charge in [0.1, 0.15) is 5.58 Å². The summed E-state index contributed by atoms with van der Waals surface area (Å²) in [7, 11) is 0. The van der Waals surface area contributed by atoms with Crippen LogP contribution in [0.1, 0.15) is 115 Å². The first kappa shape index (κ1) is 30.0. The van der Waals surface area contributed by atoms with E-state index < -0.39 is 0 Å². The van der Waals surface area contributed by atoms with Gasteiger partial charge in [-0.25, -0.2) is 0 Å². The second-order valence-electron chi connectivity index (χ2n) is 16.9. The van der Waals surface area contributed by atoms with E-state index in [0.29, 0.717) is 5.92 Å². The number of hydrogen-bond donors (Lipinski definition) is 0. The summed E-state index contributed by atoms with van der Waals surface area (Å²) < 4.78 is 7.03. The third-order valence-electron chi connectivity index (χ3n) is 10.2. The Balaban J connectivity index is 1.59. The minimum atomic E-state index is 0.0138. The van der Waals surface area contributed by atoms with Crippen molar-refractivity contribution in [2.75, 3.05) is 4.90 Å². The number of fused-ring (bicyclic) bond motifs is 6. The highest BCUT2D eigenvalue weighted by Crippen LogP contribution is 2.45. The lowest BCUT2D eigenvalue weighted by molar-refractivity contribution is 0.589. The highest BCUT2D eigenvalue weighted by Gasteiger charge is 2.45. The van der Waals surface area contributed by atoms with E-state index >= 15 is 0 Å². The summed E-state index contributed by atoms with van der Waals surface area (Å²) in [5.41, 5.74) is 16.9. The van der Waals surface area contributed by atoms with Crippen molar-refractivity contribution in [1.82, 2.24) is 0 Å². The molecule has 0 N–H and O–H groups in total. The highest BCUT2D eigenvalue weighted by atomic mass is 16.3. The molecule has 0 saturated carbocycles. The molecule has 0 radical (unpaired) electrons. The van der Waals surface area contributed by atoms with Crippen LogP contribution in [0.25, 0.3) is 11.0 Å². The van der Waals surface area contributed by atoms with Crippen molar-refractivity contribution in [3.8, 4) is 0 Å². The number of hydrogen-bond acceptors (Lipinski definition) is 2. The topological polar surface area (TPSA) is 16.4 Å². The molecule has 0 atom stereocenters. The van der Waals surface area contributed by atoms with Crippen LogP contribution in [-0.4, -0.2) is 6.71 Å². The van der Waals surface area contributed by atoms with E-state index in [0.717, 1.165) is 17.7 Å². The minimum absolute atomic E-state index is 0.0138. The largest absolute Gasteiger partial charge is 0.468 e. The molecule has 0 aliphatic carbocycles. The SMILES string of the molecule is CC(C)c1ccc(N2c3cc(C(C)(C)C)cc4c3B(c3ccc(C(C)(C)C)cc3C4)c3oc4ccc(C(C)(C)C)cc4c32)cc1. The second kappa shape index (κ2) is 9.89. The Morgan fingerprint density at radius 2 is 1.27 bits per heavy atom. The molecule has 0 fully saturated rings. The number of nitrogens with zero attached hydrogens (tertiary/aromatic N) is 1. The van der Waals surface area contributed by atoms with Crippen LogP contribution in [0.5, 0.6) is 0 Å². The van der Waals surface area contributed by atoms with Gasteiger partial charge in [-0.3, -0.25) is 0 Å². The Morgan fingerprint density at radius 3 is 1.89 bits per heavy atom. The van der Waals surface area contributed by atoms with Gasteiger partial charge in [-0.1, -0.05) is 124 Å². The van der Waals surface area contributed by atoms with Gasteiger partial charge in [0.25, 0.3) is 6.71 Å². The summed E-state index contributed by atoms with van der Waals surface area (Å²) in [6, 6.07) is 28.3. The molecule has 1 aromatic heterocycles. The van der Waals surface area contributed by atoms with Crippen LogP contribution in [-0.2, 0) is 22.7 Å². The Bertz CT molecular complexity index is 1950. The summed E-state index contributed by atoms with van der Waals surface area (Å²) >= 11 is 0. The third-order valence-corrected chi connectivity index (χ3v) is 10.2. The summed E-state index contributed by atoms with van der Waals surface area (Å²) in [6.45, 7) is 25.4. The van der Waals surface area contributed by atoms with E-state index in [1.54, 1.807) is 0 Å². The molecule has 3 heteroatoms. The average molecular weight is 594 g/mol. The van der Waals surface area contributed by atoms with Gasteiger partial charge >= 0.3 is 0 Å².